The fourth-order valence-electron chi connectivity index (χ4n) is 2.55. The van der Waals surface area contributed by atoms with Crippen molar-refractivity contribution in [3.05, 3.63) is 23.4 Å². The second-order valence-electron chi connectivity index (χ2n) is 4.94. The Morgan fingerprint density at radius 1 is 1.44 bits per heavy atom. The number of rotatable bonds is 3. The third kappa shape index (κ3) is 2.80. The molecule has 2 unspecified atom stereocenters. The summed E-state index contributed by atoms with van der Waals surface area (Å²) in [5.41, 5.74) is 1.47. The zero-order chi connectivity index (χ0) is 13.0. The lowest BCUT2D eigenvalue weighted by Gasteiger charge is -2.31. The van der Waals surface area contributed by atoms with Gasteiger partial charge in [0.05, 0.1) is 5.56 Å². The van der Waals surface area contributed by atoms with Crippen molar-refractivity contribution in [1.82, 2.24) is 4.98 Å². The molecular formula is C14H19N3O. The minimum atomic E-state index is 0.200. The van der Waals surface area contributed by atoms with Gasteiger partial charge in [-0.25, -0.2) is 4.98 Å². The van der Waals surface area contributed by atoms with Crippen molar-refractivity contribution in [3.63, 3.8) is 0 Å². The summed E-state index contributed by atoms with van der Waals surface area (Å²) in [4.78, 5) is 4.39. The summed E-state index contributed by atoms with van der Waals surface area (Å²) in [7, 11) is 0. The molecule has 4 nitrogen and oxygen atoms in total. The number of nitrogens with zero attached hydrogens (tertiary/aromatic N) is 2. The van der Waals surface area contributed by atoms with Crippen LogP contribution in [0.2, 0.25) is 0 Å². The van der Waals surface area contributed by atoms with E-state index < -0.39 is 0 Å². The number of aromatic nitrogens is 1. The molecule has 2 rings (SSSR count). The third-order valence-electron chi connectivity index (χ3n) is 3.62. The van der Waals surface area contributed by atoms with Crippen molar-refractivity contribution < 1.29 is 5.11 Å². The molecule has 0 amide bonds. The van der Waals surface area contributed by atoms with Crippen LogP contribution in [-0.2, 0) is 0 Å². The number of aryl methyl sites for hydroxylation is 1. The lowest BCUT2D eigenvalue weighted by molar-refractivity contribution is 0.178. The number of pyridine rings is 1. The van der Waals surface area contributed by atoms with E-state index in [4.69, 9.17) is 5.26 Å². The van der Waals surface area contributed by atoms with E-state index in [0.717, 1.165) is 18.5 Å². The van der Waals surface area contributed by atoms with Crippen LogP contribution < -0.4 is 5.32 Å². The number of hydrogen-bond donors (Lipinski definition) is 2. The maximum atomic E-state index is 9.40. The first-order valence-corrected chi connectivity index (χ1v) is 6.49. The highest BCUT2D eigenvalue weighted by Gasteiger charge is 2.25. The Bertz CT molecular complexity index is 453. The van der Waals surface area contributed by atoms with Gasteiger partial charge in [-0.3, -0.25) is 0 Å². The fourth-order valence-corrected chi connectivity index (χ4v) is 2.55. The molecule has 0 aliphatic heterocycles. The van der Waals surface area contributed by atoms with Crippen LogP contribution in [0, 0.1) is 24.2 Å². The van der Waals surface area contributed by atoms with Crippen LogP contribution >= 0.6 is 0 Å². The first-order valence-electron chi connectivity index (χ1n) is 6.49. The molecule has 18 heavy (non-hydrogen) atoms. The Kier molecular flexibility index (Phi) is 4.16. The molecule has 1 aromatic heterocycles. The van der Waals surface area contributed by atoms with Crippen molar-refractivity contribution in [3.8, 4) is 6.07 Å². The number of aliphatic hydroxyl groups excluding tert-OH is 1. The SMILES string of the molecule is Cc1ccc(C#N)c(NC2CCCCC2CO)n1. The third-order valence-corrected chi connectivity index (χ3v) is 3.62. The molecular weight excluding hydrogens is 226 g/mol. The van der Waals surface area contributed by atoms with Crippen molar-refractivity contribution in [2.45, 2.75) is 38.6 Å². The Labute approximate surface area is 108 Å². The Morgan fingerprint density at radius 3 is 2.94 bits per heavy atom. The predicted octanol–water partition coefficient (Wildman–Crippen LogP) is 2.22. The van der Waals surface area contributed by atoms with Gasteiger partial charge in [-0.05, 0) is 31.9 Å². The van der Waals surface area contributed by atoms with Crippen molar-refractivity contribution >= 4 is 5.82 Å². The van der Waals surface area contributed by atoms with Crippen LogP contribution in [0.5, 0.6) is 0 Å². The molecule has 0 radical (unpaired) electrons. The largest absolute Gasteiger partial charge is 0.396 e. The van der Waals surface area contributed by atoms with Gasteiger partial charge in [0.2, 0.25) is 0 Å². The highest BCUT2D eigenvalue weighted by molar-refractivity contribution is 5.52. The first kappa shape index (κ1) is 12.8. The van der Waals surface area contributed by atoms with Crippen LogP contribution in [0.1, 0.15) is 36.9 Å². The number of nitrogens with one attached hydrogen (secondary N) is 1. The maximum Gasteiger partial charge on any atom is 0.144 e. The van der Waals surface area contributed by atoms with Gasteiger partial charge < -0.3 is 10.4 Å². The number of hydrogen-bond acceptors (Lipinski definition) is 4. The monoisotopic (exact) mass is 245 g/mol. The van der Waals surface area contributed by atoms with Crippen molar-refractivity contribution in [2.24, 2.45) is 5.92 Å². The molecule has 0 spiro atoms. The zero-order valence-electron chi connectivity index (χ0n) is 10.7. The van der Waals surface area contributed by atoms with E-state index in [-0.39, 0.29) is 18.6 Å². The quantitative estimate of drug-likeness (QED) is 0.856. The predicted molar refractivity (Wildman–Crippen MR) is 70.1 cm³/mol. The molecule has 2 N–H and O–H groups in total. The van der Waals surface area contributed by atoms with E-state index in [0.29, 0.717) is 11.4 Å². The number of aliphatic hydroxyl groups is 1. The molecule has 2 atom stereocenters. The Morgan fingerprint density at radius 2 is 2.22 bits per heavy atom. The number of anilines is 1. The van der Waals surface area contributed by atoms with E-state index in [1.165, 1.54) is 12.8 Å². The van der Waals surface area contributed by atoms with E-state index >= 15 is 0 Å². The maximum absolute atomic E-state index is 9.40. The molecule has 0 saturated heterocycles. The van der Waals surface area contributed by atoms with Gasteiger partial charge in [-0.2, -0.15) is 5.26 Å². The van der Waals surface area contributed by atoms with E-state index in [9.17, 15) is 5.11 Å². The lowest BCUT2D eigenvalue weighted by Crippen LogP contribution is -2.34. The van der Waals surface area contributed by atoms with Crippen LogP contribution in [0.3, 0.4) is 0 Å². The molecule has 1 aliphatic rings. The molecule has 1 fully saturated rings. The minimum Gasteiger partial charge on any atom is -0.396 e. The highest BCUT2D eigenvalue weighted by Crippen LogP contribution is 2.27. The van der Waals surface area contributed by atoms with Crippen molar-refractivity contribution in [1.29, 1.82) is 5.26 Å². The molecule has 4 heteroatoms. The van der Waals surface area contributed by atoms with Gasteiger partial charge in [0.1, 0.15) is 11.9 Å². The summed E-state index contributed by atoms with van der Waals surface area (Å²) in [5.74, 6) is 0.926. The van der Waals surface area contributed by atoms with Gasteiger partial charge in [-0.15, -0.1) is 0 Å². The topological polar surface area (TPSA) is 68.9 Å². The summed E-state index contributed by atoms with van der Waals surface area (Å²) < 4.78 is 0. The highest BCUT2D eigenvalue weighted by atomic mass is 16.3. The summed E-state index contributed by atoms with van der Waals surface area (Å²) in [5, 5.41) is 21.8. The normalized spacial score (nSPS) is 23.4. The smallest absolute Gasteiger partial charge is 0.144 e. The summed E-state index contributed by atoms with van der Waals surface area (Å²) in [6.07, 6.45) is 4.42. The van der Waals surface area contributed by atoms with Gasteiger partial charge in [0.25, 0.3) is 0 Å². The first-order chi connectivity index (χ1) is 8.74. The Hall–Kier alpha value is -1.60. The van der Waals surface area contributed by atoms with Crippen LogP contribution in [0.25, 0.3) is 0 Å². The summed E-state index contributed by atoms with van der Waals surface area (Å²) in [6.45, 7) is 2.11. The molecule has 1 aromatic rings. The standard InChI is InChI=1S/C14H19N3O/c1-10-6-7-11(8-15)14(16-10)17-13-5-3-2-4-12(13)9-18/h6-7,12-13,18H,2-5,9H2,1H3,(H,16,17). The molecule has 0 bridgehead atoms. The summed E-state index contributed by atoms with van der Waals surface area (Å²) >= 11 is 0. The van der Waals surface area contributed by atoms with Gasteiger partial charge >= 0.3 is 0 Å². The van der Waals surface area contributed by atoms with Crippen LogP contribution in [0.15, 0.2) is 12.1 Å². The molecule has 96 valence electrons. The fraction of sp³-hybridized carbons (Fsp3) is 0.571. The molecule has 0 aromatic carbocycles. The van der Waals surface area contributed by atoms with Gasteiger partial charge in [0.15, 0.2) is 0 Å². The second-order valence-corrected chi connectivity index (χ2v) is 4.94. The van der Waals surface area contributed by atoms with Crippen LogP contribution in [-0.4, -0.2) is 22.7 Å². The van der Waals surface area contributed by atoms with E-state index in [1.54, 1.807) is 6.07 Å². The summed E-state index contributed by atoms with van der Waals surface area (Å²) in [6, 6.07) is 6.02. The Balaban J connectivity index is 2.17. The second kappa shape index (κ2) is 5.83. The molecule has 1 heterocycles. The zero-order valence-corrected chi connectivity index (χ0v) is 10.7. The number of nitriles is 1. The average molecular weight is 245 g/mol. The molecule has 1 saturated carbocycles. The minimum absolute atomic E-state index is 0.200. The van der Waals surface area contributed by atoms with Crippen molar-refractivity contribution in [2.75, 3.05) is 11.9 Å². The van der Waals surface area contributed by atoms with E-state index in [1.807, 2.05) is 13.0 Å². The van der Waals surface area contributed by atoms with Gasteiger partial charge in [-0.1, -0.05) is 12.8 Å². The van der Waals surface area contributed by atoms with Crippen LogP contribution in [0.4, 0.5) is 5.82 Å². The average Bonchev–Trinajstić information content (AvgIpc) is 2.40. The molecule has 1 aliphatic carbocycles. The van der Waals surface area contributed by atoms with Gasteiger partial charge in [0, 0.05) is 24.3 Å². The lowest BCUT2D eigenvalue weighted by atomic mass is 9.85. The van der Waals surface area contributed by atoms with E-state index in [2.05, 4.69) is 16.4 Å².